The van der Waals surface area contributed by atoms with Crippen molar-refractivity contribution in [1.82, 2.24) is 9.55 Å². The van der Waals surface area contributed by atoms with Crippen LogP contribution in [0.4, 0.5) is 0 Å². The SMILES string of the molecule is Cc1ccc2c(c1)OCc1nc(C(=O)O)cn1-2. The Balaban J connectivity index is 2.19. The van der Waals surface area contributed by atoms with Gasteiger partial charge >= 0.3 is 5.97 Å². The van der Waals surface area contributed by atoms with Crippen molar-refractivity contribution in [2.45, 2.75) is 13.5 Å². The molecular weight excluding hydrogens is 220 g/mol. The molecule has 86 valence electrons. The van der Waals surface area contributed by atoms with E-state index in [9.17, 15) is 4.79 Å². The van der Waals surface area contributed by atoms with Crippen LogP contribution >= 0.6 is 0 Å². The van der Waals surface area contributed by atoms with Gasteiger partial charge in [0.2, 0.25) is 0 Å². The Morgan fingerprint density at radius 3 is 3.12 bits per heavy atom. The van der Waals surface area contributed by atoms with Gasteiger partial charge in [0.05, 0.1) is 5.69 Å². The predicted molar refractivity (Wildman–Crippen MR) is 59.6 cm³/mol. The second-order valence-corrected chi connectivity index (χ2v) is 3.98. The summed E-state index contributed by atoms with van der Waals surface area (Å²) in [6.45, 7) is 2.28. The molecule has 0 saturated heterocycles. The molecule has 0 amide bonds. The largest absolute Gasteiger partial charge is 0.483 e. The van der Waals surface area contributed by atoms with Crippen LogP contribution in [0.25, 0.3) is 5.69 Å². The molecule has 0 aliphatic carbocycles. The monoisotopic (exact) mass is 230 g/mol. The van der Waals surface area contributed by atoms with Crippen LogP contribution in [0.3, 0.4) is 0 Å². The maximum atomic E-state index is 10.9. The predicted octanol–water partition coefficient (Wildman–Crippen LogP) is 1.77. The van der Waals surface area contributed by atoms with Gasteiger partial charge in [0.15, 0.2) is 11.5 Å². The van der Waals surface area contributed by atoms with Crippen LogP contribution in [-0.2, 0) is 6.61 Å². The molecule has 1 aliphatic rings. The third-order valence-electron chi connectivity index (χ3n) is 2.73. The number of imidazole rings is 1. The Morgan fingerprint density at radius 2 is 2.35 bits per heavy atom. The zero-order valence-electron chi connectivity index (χ0n) is 9.17. The fraction of sp³-hybridized carbons (Fsp3) is 0.167. The Labute approximate surface area is 97.3 Å². The summed E-state index contributed by atoms with van der Waals surface area (Å²) in [5, 5.41) is 8.91. The van der Waals surface area contributed by atoms with E-state index in [0.717, 1.165) is 17.0 Å². The third-order valence-corrected chi connectivity index (χ3v) is 2.73. The highest BCUT2D eigenvalue weighted by Crippen LogP contribution is 2.30. The standard InChI is InChI=1S/C12H10N2O3/c1-7-2-3-9-10(4-7)17-6-11-13-8(12(15)16)5-14(9)11/h2-5H,6H2,1H3,(H,15,16). The Kier molecular flexibility index (Phi) is 1.95. The van der Waals surface area contributed by atoms with Gasteiger partial charge < -0.3 is 9.84 Å². The molecule has 0 fully saturated rings. The van der Waals surface area contributed by atoms with E-state index in [1.165, 1.54) is 6.20 Å². The fourth-order valence-electron chi connectivity index (χ4n) is 1.91. The number of hydrogen-bond donors (Lipinski definition) is 1. The lowest BCUT2D eigenvalue weighted by atomic mass is 10.2. The summed E-state index contributed by atoms with van der Waals surface area (Å²) in [5.74, 6) is 0.339. The van der Waals surface area contributed by atoms with E-state index in [1.54, 1.807) is 4.57 Å². The van der Waals surface area contributed by atoms with Gasteiger partial charge in [-0.25, -0.2) is 9.78 Å². The quantitative estimate of drug-likeness (QED) is 0.810. The molecule has 0 saturated carbocycles. The molecule has 3 rings (SSSR count). The first-order chi connectivity index (χ1) is 8.15. The number of ether oxygens (including phenoxy) is 1. The van der Waals surface area contributed by atoms with E-state index < -0.39 is 5.97 Å². The minimum atomic E-state index is -1.03. The van der Waals surface area contributed by atoms with E-state index >= 15 is 0 Å². The summed E-state index contributed by atoms with van der Waals surface area (Å²) >= 11 is 0. The van der Waals surface area contributed by atoms with Crippen molar-refractivity contribution in [3.05, 3.63) is 41.5 Å². The summed E-state index contributed by atoms with van der Waals surface area (Å²) < 4.78 is 7.31. The second-order valence-electron chi connectivity index (χ2n) is 3.98. The summed E-state index contributed by atoms with van der Waals surface area (Å²) in [7, 11) is 0. The number of carboxylic acid groups (broad SMARTS) is 1. The molecule has 0 unspecified atom stereocenters. The van der Waals surface area contributed by atoms with Gasteiger partial charge in [-0.05, 0) is 24.6 Å². The van der Waals surface area contributed by atoms with Gasteiger partial charge in [-0.1, -0.05) is 6.07 Å². The smallest absolute Gasteiger partial charge is 0.356 e. The van der Waals surface area contributed by atoms with E-state index in [0.29, 0.717) is 12.4 Å². The first-order valence-corrected chi connectivity index (χ1v) is 5.20. The number of aromatic carboxylic acids is 1. The van der Waals surface area contributed by atoms with Gasteiger partial charge in [-0.15, -0.1) is 0 Å². The maximum Gasteiger partial charge on any atom is 0.356 e. The molecule has 0 spiro atoms. The minimum Gasteiger partial charge on any atom is -0.483 e. The van der Waals surface area contributed by atoms with Gasteiger partial charge in [0.1, 0.15) is 12.4 Å². The van der Waals surface area contributed by atoms with Crippen molar-refractivity contribution >= 4 is 5.97 Å². The number of benzene rings is 1. The summed E-state index contributed by atoms with van der Waals surface area (Å²) in [6.07, 6.45) is 1.52. The van der Waals surface area contributed by atoms with Crippen molar-refractivity contribution in [3.63, 3.8) is 0 Å². The average molecular weight is 230 g/mol. The van der Waals surface area contributed by atoms with Crippen molar-refractivity contribution < 1.29 is 14.6 Å². The number of aryl methyl sites for hydroxylation is 1. The molecule has 5 nitrogen and oxygen atoms in total. The molecule has 0 bridgehead atoms. The average Bonchev–Trinajstić information content (AvgIpc) is 2.72. The van der Waals surface area contributed by atoms with E-state index in [2.05, 4.69) is 4.98 Å². The summed E-state index contributed by atoms with van der Waals surface area (Å²) in [4.78, 5) is 14.9. The van der Waals surface area contributed by atoms with Gasteiger partial charge in [-0.3, -0.25) is 4.57 Å². The molecule has 0 radical (unpaired) electrons. The van der Waals surface area contributed by atoms with Crippen LogP contribution in [0.2, 0.25) is 0 Å². The second kappa shape index (κ2) is 3.35. The van der Waals surface area contributed by atoms with Crippen LogP contribution in [0.1, 0.15) is 21.9 Å². The number of rotatable bonds is 1. The third kappa shape index (κ3) is 1.47. The van der Waals surface area contributed by atoms with Crippen LogP contribution in [0.5, 0.6) is 5.75 Å². The molecular formula is C12H10N2O3. The number of fused-ring (bicyclic) bond motifs is 3. The number of nitrogens with zero attached hydrogens (tertiary/aromatic N) is 2. The number of hydrogen-bond acceptors (Lipinski definition) is 3. The number of aromatic nitrogens is 2. The highest BCUT2D eigenvalue weighted by molar-refractivity contribution is 5.85. The Bertz CT molecular complexity index is 616. The van der Waals surface area contributed by atoms with Crippen molar-refractivity contribution in [1.29, 1.82) is 0 Å². The number of carboxylic acids is 1. The normalized spacial score (nSPS) is 12.5. The zero-order valence-corrected chi connectivity index (χ0v) is 9.17. The highest BCUT2D eigenvalue weighted by Gasteiger charge is 2.21. The van der Waals surface area contributed by atoms with Gasteiger partial charge in [0.25, 0.3) is 0 Å². The van der Waals surface area contributed by atoms with Crippen molar-refractivity contribution in [3.8, 4) is 11.4 Å². The molecule has 1 N–H and O–H groups in total. The molecule has 1 aromatic heterocycles. The van der Waals surface area contributed by atoms with Gasteiger partial charge in [-0.2, -0.15) is 0 Å². The van der Waals surface area contributed by atoms with E-state index in [4.69, 9.17) is 9.84 Å². The Hall–Kier alpha value is -2.30. The Morgan fingerprint density at radius 1 is 1.53 bits per heavy atom. The highest BCUT2D eigenvalue weighted by atomic mass is 16.5. The molecule has 2 aromatic rings. The lowest BCUT2D eigenvalue weighted by molar-refractivity contribution is 0.0691. The summed E-state index contributed by atoms with van der Waals surface area (Å²) in [5.41, 5.74) is 1.97. The molecule has 17 heavy (non-hydrogen) atoms. The first kappa shape index (κ1) is 9.89. The lowest BCUT2D eigenvalue weighted by Gasteiger charge is -2.19. The topological polar surface area (TPSA) is 64.3 Å². The zero-order chi connectivity index (χ0) is 12.0. The van der Waals surface area contributed by atoms with Crippen molar-refractivity contribution in [2.75, 3.05) is 0 Å². The number of carbonyl (C=O) groups is 1. The summed E-state index contributed by atoms with van der Waals surface area (Å²) in [6, 6.07) is 5.79. The van der Waals surface area contributed by atoms with Crippen LogP contribution in [0.15, 0.2) is 24.4 Å². The molecule has 0 atom stereocenters. The molecule has 1 aliphatic heterocycles. The lowest BCUT2D eigenvalue weighted by Crippen LogP contribution is -2.12. The fourth-order valence-corrected chi connectivity index (χ4v) is 1.91. The molecule has 5 heteroatoms. The molecule has 1 aromatic carbocycles. The van der Waals surface area contributed by atoms with Crippen LogP contribution < -0.4 is 4.74 Å². The first-order valence-electron chi connectivity index (χ1n) is 5.20. The van der Waals surface area contributed by atoms with Crippen molar-refractivity contribution in [2.24, 2.45) is 0 Å². The maximum absolute atomic E-state index is 10.9. The van der Waals surface area contributed by atoms with Crippen LogP contribution in [0, 0.1) is 6.92 Å². The molecule has 2 heterocycles. The van der Waals surface area contributed by atoms with Gasteiger partial charge in [0, 0.05) is 6.20 Å². The van der Waals surface area contributed by atoms with Crippen LogP contribution in [-0.4, -0.2) is 20.6 Å². The van der Waals surface area contributed by atoms with E-state index in [1.807, 2.05) is 25.1 Å². The minimum absolute atomic E-state index is 0.0389. The van der Waals surface area contributed by atoms with E-state index in [-0.39, 0.29) is 5.69 Å².